The average Bonchev–Trinajstić information content (AvgIpc) is 3.00. The highest BCUT2D eigenvalue weighted by Gasteiger charge is 2.44. The van der Waals surface area contributed by atoms with Gasteiger partial charge in [-0.2, -0.15) is 4.98 Å². The third-order valence-electron chi connectivity index (χ3n) is 3.51. The number of aliphatic hydroxyl groups excluding tert-OH is 2. The Kier molecular flexibility index (Phi) is 3.75. The van der Waals surface area contributed by atoms with Gasteiger partial charge in [0.2, 0.25) is 5.95 Å². The molecule has 1 aliphatic heterocycles. The fourth-order valence-electron chi connectivity index (χ4n) is 2.43. The van der Waals surface area contributed by atoms with E-state index in [1.54, 1.807) is 0 Å². The number of esters is 1. The van der Waals surface area contributed by atoms with E-state index in [1.807, 2.05) is 0 Å². The highest BCUT2D eigenvalue weighted by molar-refractivity contribution is 5.70. The number of nitrogens with two attached hydrogens (primary N) is 1. The van der Waals surface area contributed by atoms with Crippen LogP contribution in [-0.2, 0) is 14.3 Å². The molecule has 2 aromatic rings. The molecule has 3 heterocycles. The van der Waals surface area contributed by atoms with Crippen LogP contribution in [0.5, 0.6) is 0 Å². The molecule has 0 unspecified atom stereocenters. The summed E-state index contributed by atoms with van der Waals surface area (Å²) < 4.78 is 11.6. The van der Waals surface area contributed by atoms with Crippen molar-refractivity contribution < 1.29 is 24.5 Å². The number of aliphatic hydroxyl groups is 2. The van der Waals surface area contributed by atoms with Crippen LogP contribution >= 0.6 is 0 Å². The molecule has 0 spiro atoms. The standard InChI is InChI=1S/C12H15N5O6/c1-4(18)22-2-5-7(19)8(20)11(23-5)17-3-14-6-9(17)15-12(13)16-10(6)21/h3,5,7-8,11,19-20H,2H2,1H3,(H3,13,15,16,21)/t5-,7-,8-,11-/m1/s1. The monoisotopic (exact) mass is 325 g/mol. The van der Waals surface area contributed by atoms with E-state index in [4.69, 9.17) is 15.2 Å². The van der Waals surface area contributed by atoms with Gasteiger partial charge in [0.05, 0.1) is 6.33 Å². The number of hydrogen-bond donors (Lipinski definition) is 4. The van der Waals surface area contributed by atoms with E-state index in [1.165, 1.54) is 17.8 Å². The van der Waals surface area contributed by atoms with E-state index in [-0.39, 0.29) is 23.7 Å². The first kappa shape index (κ1) is 15.4. The maximum atomic E-state index is 11.8. The summed E-state index contributed by atoms with van der Waals surface area (Å²) >= 11 is 0. The fourth-order valence-corrected chi connectivity index (χ4v) is 2.43. The van der Waals surface area contributed by atoms with Crippen molar-refractivity contribution in [2.24, 2.45) is 0 Å². The van der Waals surface area contributed by atoms with Crippen LogP contribution < -0.4 is 11.3 Å². The summed E-state index contributed by atoms with van der Waals surface area (Å²) in [6.45, 7) is 1.00. The average molecular weight is 325 g/mol. The summed E-state index contributed by atoms with van der Waals surface area (Å²) in [5.74, 6) is -0.651. The van der Waals surface area contributed by atoms with E-state index in [2.05, 4.69) is 15.0 Å². The Morgan fingerprint density at radius 1 is 1.52 bits per heavy atom. The molecule has 1 fully saturated rings. The summed E-state index contributed by atoms with van der Waals surface area (Å²) in [4.78, 5) is 32.8. The molecule has 1 saturated heterocycles. The number of anilines is 1. The van der Waals surface area contributed by atoms with Gasteiger partial charge in [-0.1, -0.05) is 0 Å². The van der Waals surface area contributed by atoms with Gasteiger partial charge in [0, 0.05) is 6.92 Å². The molecule has 23 heavy (non-hydrogen) atoms. The van der Waals surface area contributed by atoms with E-state index in [0.29, 0.717) is 0 Å². The van der Waals surface area contributed by atoms with Gasteiger partial charge in [0.1, 0.15) is 24.9 Å². The summed E-state index contributed by atoms with van der Waals surface area (Å²) in [7, 11) is 0. The van der Waals surface area contributed by atoms with Crippen molar-refractivity contribution in [3.8, 4) is 0 Å². The zero-order valence-electron chi connectivity index (χ0n) is 12.0. The minimum atomic E-state index is -1.32. The SMILES string of the molecule is CC(=O)OC[C@H]1O[C@@H](n2cnc3c(=O)[nH]c(N)nc32)[C@H](O)[C@@H]1O. The molecule has 124 valence electrons. The minimum Gasteiger partial charge on any atom is -0.463 e. The molecule has 11 heteroatoms. The number of carbonyl (C=O) groups excluding carboxylic acids is 1. The molecule has 3 rings (SSSR count). The number of nitrogens with zero attached hydrogens (tertiary/aromatic N) is 3. The quantitative estimate of drug-likeness (QED) is 0.462. The number of aromatic nitrogens is 4. The predicted octanol–water partition coefficient (Wildman–Crippen LogP) is -2.12. The second-order valence-corrected chi connectivity index (χ2v) is 5.12. The van der Waals surface area contributed by atoms with E-state index in [9.17, 15) is 19.8 Å². The van der Waals surface area contributed by atoms with Gasteiger partial charge in [-0.3, -0.25) is 19.1 Å². The molecule has 0 aromatic carbocycles. The highest BCUT2D eigenvalue weighted by atomic mass is 16.6. The number of nitrogen functional groups attached to an aromatic ring is 1. The number of H-pyrrole nitrogens is 1. The third-order valence-corrected chi connectivity index (χ3v) is 3.51. The Bertz CT molecular complexity index is 801. The van der Waals surface area contributed by atoms with Gasteiger partial charge in [0.25, 0.3) is 5.56 Å². The molecule has 1 aliphatic rings. The van der Waals surface area contributed by atoms with Crippen molar-refractivity contribution >= 4 is 23.1 Å². The Hall–Kier alpha value is -2.50. The zero-order valence-corrected chi connectivity index (χ0v) is 12.0. The topological polar surface area (TPSA) is 166 Å². The summed E-state index contributed by atoms with van der Waals surface area (Å²) in [6.07, 6.45) is -3.33. The van der Waals surface area contributed by atoms with Crippen molar-refractivity contribution in [2.45, 2.75) is 31.5 Å². The number of hydrogen-bond acceptors (Lipinski definition) is 9. The molecule has 11 nitrogen and oxygen atoms in total. The molecule has 0 radical (unpaired) electrons. The van der Waals surface area contributed by atoms with Gasteiger partial charge in [-0.25, -0.2) is 4.98 Å². The first-order valence-corrected chi connectivity index (χ1v) is 6.75. The number of aromatic amines is 1. The molecule has 2 aromatic heterocycles. The summed E-state index contributed by atoms with van der Waals surface area (Å²) in [5, 5.41) is 20.2. The maximum Gasteiger partial charge on any atom is 0.302 e. The number of imidazole rings is 1. The van der Waals surface area contributed by atoms with Crippen molar-refractivity contribution in [2.75, 3.05) is 12.3 Å². The predicted molar refractivity (Wildman–Crippen MR) is 75.1 cm³/mol. The second kappa shape index (κ2) is 5.61. The van der Waals surface area contributed by atoms with E-state index < -0.39 is 36.1 Å². The van der Waals surface area contributed by atoms with Gasteiger partial charge >= 0.3 is 5.97 Å². The summed E-state index contributed by atoms with van der Waals surface area (Å²) in [5.41, 5.74) is 5.10. The molecule has 0 saturated carbocycles. The lowest BCUT2D eigenvalue weighted by molar-refractivity contribution is -0.147. The number of nitrogens with one attached hydrogen (secondary N) is 1. The normalized spacial score (nSPS) is 27.4. The van der Waals surface area contributed by atoms with Crippen LogP contribution in [-0.4, -0.2) is 60.6 Å². The lowest BCUT2D eigenvalue weighted by Crippen LogP contribution is -2.34. The Balaban J connectivity index is 1.93. The molecule has 4 atom stereocenters. The van der Waals surface area contributed by atoms with E-state index in [0.717, 1.165) is 0 Å². The largest absolute Gasteiger partial charge is 0.463 e. The van der Waals surface area contributed by atoms with Crippen LogP contribution in [0, 0.1) is 0 Å². The van der Waals surface area contributed by atoms with Crippen molar-refractivity contribution in [3.05, 3.63) is 16.7 Å². The molecular formula is C12H15N5O6. The lowest BCUT2D eigenvalue weighted by Gasteiger charge is -2.16. The van der Waals surface area contributed by atoms with Crippen LogP contribution in [0.3, 0.4) is 0 Å². The molecule has 0 amide bonds. The number of fused-ring (bicyclic) bond motifs is 1. The Morgan fingerprint density at radius 3 is 2.96 bits per heavy atom. The lowest BCUT2D eigenvalue weighted by atomic mass is 10.1. The zero-order chi connectivity index (χ0) is 16.7. The van der Waals surface area contributed by atoms with Crippen molar-refractivity contribution in [1.82, 2.24) is 19.5 Å². The first-order valence-electron chi connectivity index (χ1n) is 6.75. The van der Waals surface area contributed by atoms with Gasteiger partial charge < -0.3 is 25.4 Å². The molecule has 0 aliphatic carbocycles. The van der Waals surface area contributed by atoms with Gasteiger partial charge in [-0.05, 0) is 0 Å². The second-order valence-electron chi connectivity index (χ2n) is 5.12. The minimum absolute atomic E-state index is 0.0212. The van der Waals surface area contributed by atoms with E-state index >= 15 is 0 Å². The first-order chi connectivity index (χ1) is 10.9. The Labute approximate surface area is 128 Å². The van der Waals surface area contributed by atoms with Crippen LogP contribution in [0.2, 0.25) is 0 Å². The molecule has 5 N–H and O–H groups in total. The van der Waals surface area contributed by atoms with Crippen molar-refractivity contribution in [1.29, 1.82) is 0 Å². The van der Waals surface area contributed by atoms with Crippen molar-refractivity contribution in [3.63, 3.8) is 0 Å². The highest BCUT2D eigenvalue weighted by Crippen LogP contribution is 2.31. The molecule has 0 bridgehead atoms. The van der Waals surface area contributed by atoms with Gasteiger partial charge in [0.15, 0.2) is 17.4 Å². The van der Waals surface area contributed by atoms with Gasteiger partial charge in [-0.15, -0.1) is 0 Å². The smallest absolute Gasteiger partial charge is 0.302 e. The van der Waals surface area contributed by atoms with Crippen LogP contribution in [0.15, 0.2) is 11.1 Å². The maximum absolute atomic E-state index is 11.8. The Morgan fingerprint density at radius 2 is 2.26 bits per heavy atom. The third kappa shape index (κ3) is 2.65. The van der Waals surface area contributed by atoms with Crippen LogP contribution in [0.1, 0.15) is 13.2 Å². The number of carbonyl (C=O) groups is 1. The van der Waals surface area contributed by atoms with Crippen LogP contribution in [0.4, 0.5) is 5.95 Å². The molecular weight excluding hydrogens is 310 g/mol. The number of ether oxygens (including phenoxy) is 2. The fraction of sp³-hybridized carbons (Fsp3) is 0.500. The van der Waals surface area contributed by atoms with Crippen LogP contribution in [0.25, 0.3) is 11.2 Å². The summed E-state index contributed by atoms with van der Waals surface area (Å²) in [6, 6.07) is 0. The number of rotatable bonds is 3.